The Kier molecular flexibility index (Phi) is 6.94. The van der Waals surface area contributed by atoms with Crippen LogP contribution in [0.2, 0.25) is 0 Å². The van der Waals surface area contributed by atoms with E-state index in [1.807, 2.05) is 0 Å². The van der Waals surface area contributed by atoms with Gasteiger partial charge in [0.2, 0.25) is 0 Å². The predicted octanol–water partition coefficient (Wildman–Crippen LogP) is 1.84. The van der Waals surface area contributed by atoms with Crippen molar-refractivity contribution in [2.45, 2.75) is 58.2 Å². The quantitative estimate of drug-likeness (QED) is 0.464. The molecule has 10 nitrogen and oxygen atoms in total. The summed E-state index contributed by atoms with van der Waals surface area (Å²) >= 11 is 0. The van der Waals surface area contributed by atoms with Gasteiger partial charge in [0.15, 0.2) is 0 Å². The lowest BCUT2D eigenvalue weighted by atomic mass is 9.88. The molecule has 2 saturated carbocycles. The molecule has 2 N–H and O–H groups in total. The normalized spacial score (nSPS) is 27.7. The molecule has 5 unspecified atom stereocenters. The fraction of sp³-hybridized carbons (Fsp3) is 0.609. The molecule has 2 aliphatic carbocycles. The second-order valence-corrected chi connectivity index (χ2v) is 9.20. The van der Waals surface area contributed by atoms with Gasteiger partial charge in [-0.15, -0.1) is 0 Å². The minimum absolute atomic E-state index is 0.0505. The van der Waals surface area contributed by atoms with Crippen molar-refractivity contribution in [3.05, 3.63) is 30.1 Å². The molecule has 1 aromatic heterocycles. The van der Waals surface area contributed by atoms with Gasteiger partial charge in [-0.25, -0.2) is 9.59 Å². The largest absolute Gasteiger partial charge is 0.466 e. The Morgan fingerprint density at radius 3 is 2.39 bits per heavy atom. The van der Waals surface area contributed by atoms with Crippen LogP contribution in [0.3, 0.4) is 0 Å². The third-order valence-electron chi connectivity index (χ3n) is 5.79. The second-order valence-electron chi connectivity index (χ2n) is 9.20. The van der Waals surface area contributed by atoms with Crippen LogP contribution in [0.4, 0.5) is 4.79 Å². The van der Waals surface area contributed by atoms with Crippen LogP contribution in [0.15, 0.2) is 24.4 Å². The average Bonchev–Trinajstić information content (AvgIpc) is 3.41. The van der Waals surface area contributed by atoms with E-state index in [4.69, 9.17) is 14.2 Å². The van der Waals surface area contributed by atoms with Gasteiger partial charge in [-0.1, -0.05) is 6.07 Å². The highest BCUT2D eigenvalue weighted by molar-refractivity contribution is 5.94. The number of amides is 2. The minimum Gasteiger partial charge on any atom is -0.466 e. The maximum absolute atomic E-state index is 13.2. The second kappa shape index (κ2) is 9.36. The van der Waals surface area contributed by atoms with Crippen molar-refractivity contribution >= 4 is 23.9 Å². The number of hydrogen-bond acceptors (Lipinski definition) is 8. The number of nitrogens with one attached hydrogen (secondary N) is 2. The van der Waals surface area contributed by atoms with Crippen molar-refractivity contribution in [2.24, 2.45) is 17.8 Å². The molecule has 0 bridgehead atoms. The molecular weight excluding hydrogens is 430 g/mol. The van der Waals surface area contributed by atoms with Gasteiger partial charge in [-0.3, -0.25) is 14.6 Å². The number of pyridine rings is 1. The Bertz CT molecular complexity index is 914. The minimum atomic E-state index is -1.54. The van der Waals surface area contributed by atoms with Crippen LogP contribution in [0, 0.1) is 17.8 Å². The van der Waals surface area contributed by atoms with Crippen LogP contribution in [-0.4, -0.2) is 59.3 Å². The topological polar surface area (TPSA) is 133 Å². The summed E-state index contributed by atoms with van der Waals surface area (Å²) in [5.41, 5.74) is -2.13. The molecule has 2 amide bonds. The number of fused-ring (bicyclic) bond motifs is 1. The monoisotopic (exact) mass is 461 g/mol. The summed E-state index contributed by atoms with van der Waals surface area (Å²) in [6, 6.07) is 4.36. The summed E-state index contributed by atoms with van der Waals surface area (Å²) in [4.78, 5) is 55.3. The molecule has 0 radical (unpaired) electrons. The van der Waals surface area contributed by atoms with Gasteiger partial charge in [0, 0.05) is 24.6 Å². The van der Waals surface area contributed by atoms with E-state index in [1.54, 1.807) is 52.8 Å². The van der Waals surface area contributed by atoms with Gasteiger partial charge in [-0.05, 0) is 52.7 Å². The molecule has 33 heavy (non-hydrogen) atoms. The third kappa shape index (κ3) is 5.09. The van der Waals surface area contributed by atoms with Gasteiger partial charge < -0.3 is 24.8 Å². The molecule has 0 spiro atoms. The fourth-order valence-electron chi connectivity index (χ4n) is 4.67. The molecule has 5 atom stereocenters. The molecular formula is C23H31N3O7. The van der Waals surface area contributed by atoms with E-state index in [1.165, 1.54) is 6.20 Å². The number of esters is 2. The average molecular weight is 462 g/mol. The first-order valence-electron chi connectivity index (χ1n) is 11.1. The van der Waals surface area contributed by atoms with Crippen molar-refractivity contribution in [1.82, 2.24) is 15.6 Å². The number of ether oxygens (including phenoxy) is 3. The summed E-state index contributed by atoms with van der Waals surface area (Å²) in [6.45, 7) is 8.71. The lowest BCUT2D eigenvalue weighted by Gasteiger charge is -2.33. The highest BCUT2D eigenvalue weighted by Gasteiger charge is 2.76. The molecule has 0 aliphatic heterocycles. The Labute approximate surface area is 192 Å². The van der Waals surface area contributed by atoms with Gasteiger partial charge in [0.25, 0.3) is 5.91 Å². The third-order valence-corrected chi connectivity index (χ3v) is 5.79. The van der Waals surface area contributed by atoms with Gasteiger partial charge in [0.1, 0.15) is 16.8 Å². The van der Waals surface area contributed by atoms with E-state index >= 15 is 0 Å². The summed E-state index contributed by atoms with van der Waals surface area (Å²) in [7, 11) is 0. The number of carbonyl (C=O) groups is 4. The van der Waals surface area contributed by atoms with Gasteiger partial charge in [-0.2, -0.15) is 0 Å². The molecule has 0 saturated heterocycles. The van der Waals surface area contributed by atoms with Crippen LogP contribution in [0.5, 0.6) is 0 Å². The summed E-state index contributed by atoms with van der Waals surface area (Å²) < 4.78 is 15.9. The van der Waals surface area contributed by atoms with Crippen molar-refractivity contribution in [3.63, 3.8) is 0 Å². The maximum atomic E-state index is 13.2. The molecule has 3 rings (SSSR count). The summed E-state index contributed by atoms with van der Waals surface area (Å²) in [5.74, 6) is -3.28. The highest BCUT2D eigenvalue weighted by atomic mass is 16.6. The Morgan fingerprint density at radius 2 is 1.82 bits per heavy atom. The molecule has 2 fully saturated rings. The predicted molar refractivity (Wildman–Crippen MR) is 116 cm³/mol. The van der Waals surface area contributed by atoms with Gasteiger partial charge in [0.05, 0.1) is 19.1 Å². The molecule has 1 aromatic rings. The zero-order valence-corrected chi connectivity index (χ0v) is 19.5. The van der Waals surface area contributed by atoms with Crippen LogP contribution < -0.4 is 10.6 Å². The number of nitrogens with zero attached hydrogens (tertiary/aromatic N) is 1. The van der Waals surface area contributed by atoms with E-state index in [0.717, 1.165) is 0 Å². The first kappa shape index (κ1) is 24.5. The van der Waals surface area contributed by atoms with Crippen molar-refractivity contribution in [1.29, 1.82) is 0 Å². The van der Waals surface area contributed by atoms with Crippen LogP contribution >= 0.6 is 0 Å². The van der Waals surface area contributed by atoms with E-state index in [0.29, 0.717) is 0 Å². The molecule has 2 aliphatic rings. The Hall–Kier alpha value is -3.17. The zero-order chi connectivity index (χ0) is 24.4. The number of carbonyl (C=O) groups excluding carboxylic acids is 4. The summed E-state index contributed by atoms with van der Waals surface area (Å²) in [5, 5.41) is 5.56. The highest BCUT2D eigenvalue weighted by Crippen LogP contribution is 2.63. The smallest absolute Gasteiger partial charge is 0.408 e. The SMILES string of the molecule is CCOC(=O)C1C2C(NC(=O)c3ccccn3)CC(NC(=O)OC(C)(C)C)(C(=O)OCC)C12. The van der Waals surface area contributed by atoms with Crippen molar-refractivity contribution in [3.8, 4) is 0 Å². The Morgan fingerprint density at radius 1 is 1.12 bits per heavy atom. The standard InChI is InChI=1S/C23H31N3O7/c1-6-31-19(28)16-15-14(25-18(27)13-10-8-9-11-24-13)12-23(17(15)16,20(29)32-7-2)26-21(30)33-22(3,4)5/h8-11,14-17H,6-7,12H2,1-5H3,(H,25,27)(H,26,30). The lowest BCUT2D eigenvalue weighted by molar-refractivity contribution is -0.153. The van der Waals surface area contributed by atoms with E-state index < -0.39 is 58.9 Å². The van der Waals surface area contributed by atoms with Crippen LogP contribution in [-0.2, 0) is 23.8 Å². The van der Waals surface area contributed by atoms with Crippen LogP contribution in [0.1, 0.15) is 51.5 Å². The van der Waals surface area contributed by atoms with Gasteiger partial charge >= 0.3 is 18.0 Å². The zero-order valence-electron chi connectivity index (χ0n) is 19.5. The number of hydrogen-bond donors (Lipinski definition) is 2. The van der Waals surface area contributed by atoms with E-state index in [9.17, 15) is 19.2 Å². The van der Waals surface area contributed by atoms with Crippen molar-refractivity contribution in [2.75, 3.05) is 13.2 Å². The fourth-order valence-corrected chi connectivity index (χ4v) is 4.67. The number of rotatable bonds is 7. The molecule has 0 aromatic carbocycles. The maximum Gasteiger partial charge on any atom is 0.408 e. The van der Waals surface area contributed by atoms with E-state index in [-0.39, 0.29) is 25.3 Å². The summed E-state index contributed by atoms with van der Waals surface area (Å²) in [6.07, 6.45) is 0.743. The Balaban J connectivity index is 1.92. The lowest BCUT2D eigenvalue weighted by Crippen LogP contribution is -2.59. The van der Waals surface area contributed by atoms with Crippen molar-refractivity contribution < 1.29 is 33.4 Å². The van der Waals surface area contributed by atoms with E-state index in [2.05, 4.69) is 15.6 Å². The number of aromatic nitrogens is 1. The first-order valence-corrected chi connectivity index (χ1v) is 11.1. The molecule has 10 heteroatoms. The van der Waals surface area contributed by atoms with Crippen LogP contribution in [0.25, 0.3) is 0 Å². The first-order chi connectivity index (χ1) is 15.5. The molecule has 1 heterocycles. The molecule has 180 valence electrons. The number of alkyl carbamates (subject to hydrolysis) is 1.